The average molecular weight is 470 g/mol. The Morgan fingerprint density at radius 1 is 1.09 bits per heavy atom. The lowest BCUT2D eigenvalue weighted by Gasteiger charge is -2.50. The third-order valence-electron chi connectivity index (χ3n) is 8.29. The van der Waals surface area contributed by atoms with Gasteiger partial charge in [-0.05, 0) is 51.4 Å². The molecule has 5 N–H and O–H groups in total. The lowest BCUT2D eigenvalue weighted by molar-refractivity contribution is -0.0488. The maximum Gasteiger partial charge on any atom is 0.100 e. The Bertz CT molecular complexity index is 547. The van der Waals surface area contributed by atoms with Crippen LogP contribution < -0.4 is 26.8 Å². The number of ether oxygens (including phenoxy) is 1. The largest absolute Gasteiger partial charge is 0.379 e. The minimum absolute atomic E-state index is 0.180. The Hall–Kier alpha value is -0.390. The van der Waals surface area contributed by atoms with Gasteiger partial charge in [-0.2, -0.15) is 0 Å². The SMILES string of the molecule is CCC(CC(NNC1CNCCN1)N[C@@H](C)C1CCC(F)CC1)N1CC(N2CCOCC2)C1. The summed E-state index contributed by atoms with van der Waals surface area (Å²) in [7, 11) is 0. The van der Waals surface area contributed by atoms with Gasteiger partial charge in [0.25, 0.3) is 0 Å². The van der Waals surface area contributed by atoms with E-state index in [1.807, 2.05) is 0 Å². The zero-order chi connectivity index (χ0) is 23.0. The lowest BCUT2D eigenvalue weighted by Crippen LogP contribution is -2.66. The van der Waals surface area contributed by atoms with Gasteiger partial charge in [-0.25, -0.2) is 15.2 Å². The fourth-order valence-corrected chi connectivity index (χ4v) is 5.96. The maximum atomic E-state index is 13.7. The smallest absolute Gasteiger partial charge is 0.100 e. The van der Waals surface area contributed by atoms with Crippen LogP contribution in [0.4, 0.5) is 4.39 Å². The maximum absolute atomic E-state index is 13.7. The van der Waals surface area contributed by atoms with Crippen molar-refractivity contribution in [3.8, 4) is 0 Å². The summed E-state index contributed by atoms with van der Waals surface area (Å²) in [6, 6.07) is 1.62. The molecule has 0 aromatic heterocycles. The molecule has 9 heteroatoms. The molecule has 0 aromatic carbocycles. The molecule has 4 aliphatic rings. The predicted octanol–water partition coefficient (Wildman–Crippen LogP) is 0.617. The molecule has 4 atom stereocenters. The van der Waals surface area contributed by atoms with Crippen LogP contribution in [-0.2, 0) is 4.74 Å². The van der Waals surface area contributed by atoms with Crippen LogP contribution in [0.1, 0.15) is 52.4 Å². The number of likely N-dealkylation sites (tertiary alicyclic amines) is 1. The van der Waals surface area contributed by atoms with Gasteiger partial charge in [0, 0.05) is 63.9 Å². The molecule has 3 unspecified atom stereocenters. The van der Waals surface area contributed by atoms with Crippen molar-refractivity contribution >= 4 is 0 Å². The molecule has 192 valence electrons. The van der Waals surface area contributed by atoms with Gasteiger partial charge in [-0.1, -0.05) is 6.92 Å². The van der Waals surface area contributed by atoms with E-state index in [1.54, 1.807) is 0 Å². The van der Waals surface area contributed by atoms with Crippen molar-refractivity contribution in [2.75, 3.05) is 59.0 Å². The van der Waals surface area contributed by atoms with Crippen LogP contribution in [0.5, 0.6) is 0 Å². The van der Waals surface area contributed by atoms with E-state index >= 15 is 0 Å². The first-order valence-electron chi connectivity index (χ1n) is 13.5. The van der Waals surface area contributed by atoms with Crippen LogP contribution in [0.25, 0.3) is 0 Å². The van der Waals surface area contributed by atoms with E-state index in [9.17, 15) is 4.39 Å². The van der Waals surface area contributed by atoms with Crippen molar-refractivity contribution in [2.45, 2.75) is 89.0 Å². The Morgan fingerprint density at radius 3 is 2.52 bits per heavy atom. The first kappa shape index (κ1) is 25.7. The number of nitrogens with one attached hydrogen (secondary N) is 5. The standard InChI is InChI=1S/C24H48FN7O/c1-3-21(32-16-22(17-32)31-10-12-33-13-11-31)14-23(29-30-24-15-26-8-9-27-24)28-18(2)19-4-6-20(25)7-5-19/h18-24,26-30H,3-17H2,1-2H3/t18-,19?,20?,21?,23?,24?/m0/s1. The van der Waals surface area contributed by atoms with E-state index in [4.69, 9.17) is 4.74 Å². The number of piperazine rings is 1. The molecule has 8 nitrogen and oxygen atoms in total. The summed E-state index contributed by atoms with van der Waals surface area (Å²) in [6.45, 7) is 13.8. The van der Waals surface area contributed by atoms with Crippen LogP contribution >= 0.6 is 0 Å². The van der Waals surface area contributed by atoms with Gasteiger partial charge in [0.05, 0.1) is 25.5 Å². The van der Waals surface area contributed by atoms with Crippen LogP contribution in [0.3, 0.4) is 0 Å². The van der Waals surface area contributed by atoms with Gasteiger partial charge < -0.3 is 10.1 Å². The zero-order valence-corrected chi connectivity index (χ0v) is 20.8. The Morgan fingerprint density at radius 2 is 1.85 bits per heavy atom. The van der Waals surface area contributed by atoms with Gasteiger partial charge >= 0.3 is 0 Å². The highest BCUT2D eigenvalue weighted by Crippen LogP contribution is 2.29. The highest BCUT2D eigenvalue weighted by molar-refractivity contribution is 4.93. The minimum Gasteiger partial charge on any atom is -0.379 e. The van der Waals surface area contributed by atoms with Gasteiger partial charge in [0.1, 0.15) is 6.17 Å². The first-order valence-corrected chi connectivity index (χ1v) is 13.5. The van der Waals surface area contributed by atoms with E-state index in [0.29, 0.717) is 24.0 Å². The number of hydrogen-bond donors (Lipinski definition) is 5. The van der Waals surface area contributed by atoms with E-state index in [2.05, 4.69) is 50.4 Å². The molecule has 4 rings (SSSR count). The van der Waals surface area contributed by atoms with Gasteiger partial charge in [-0.3, -0.25) is 20.4 Å². The number of morpholine rings is 1. The van der Waals surface area contributed by atoms with Crippen molar-refractivity contribution in [2.24, 2.45) is 5.92 Å². The van der Waals surface area contributed by atoms with E-state index in [0.717, 1.165) is 84.5 Å². The Kier molecular flexibility index (Phi) is 10.2. The van der Waals surface area contributed by atoms with E-state index < -0.39 is 6.17 Å². The fraction of sp³-hybridized carbons (Fsp3) is 1.00. The third-order valence-corrected chi connectivity index (χ3v) is 8.29. The quantitative estimate of drug-likeness (QED) is 0.223. The predicted molar refractivity (Wildman–Crippen MR) is 131 cm³/mol. The minimum atomic E-state index is -0.593. The highest BCUT2D eigenvalue weighted by Gasteiger charge is 2.37. The summed E-state index contributed by atoms with van der Waals surface area (Å²) >= 11 is 0. The van der Waals surface area contributed by atoms with Crippen molar-refractivity contribution in [1.82, 2.24) is 36.6 Å². The number of nitrogens with zero attached hydrogens (tertiary/aromatic N) is 2. The number of rotatable bonds is 11. The lowest BCUT2D eigenvalue weighted by atomic mass is 9.83. The molecule has 33 heavy (non-hydrogen) atoms. The van der Waals surface area contributed by atoms with Gasteiger partial charge in [0.2, 0.25) is 0 Å². The summed E-state index contributed by atoms with van der Waals surface area (Å²) in [6.07, 6.45) is 5.46. The Labute approximate surface area is 200 Å². The van der Waals surface area contributed by atoms with Crippen molar-refractivity contribution in [3.63, 3.8) is 0 Å². The van der Waals surface area contributed by atoms with Gasteiger partial charge in [-0.15, -0.1) is 0 Å². The topological polar surface area (TPSA) is 75.9 Å². The van der Waals surface area contributed by atoms with Crippen molar-refractivity contribution in [1.29, 1.82) is 0 Å². The third kappa shape index (κ3) is 7.54. The normalized spacial score (nSPS) is 33.4. The van der Waals surface area contributed by atoms with E-state index in [-0.39, 0.29) is 12.3 Å². The highest BCUT2D eigenvalue weighted by atomic mass is 19.1. The molecule has 3 saturated heterocycles. The average Bonchev–Trinajstić information content (AvgIpc) is 2.82. The molecule has 1 saturated carbocycles. The van der Waals surface area contributed by atoms with Crippen LogP contribution in [0.15, 0.2) is 0 Å². The summed E-state index contributed by atoms with van der Waals surface area (Å²) < 4.78 is 19.2. The summed E-state index contributed by atoms with van der Waals surface area (Å²) in [5.74, 6) is 0.561. The first-order chi connectivity index (χ1) is 16.1. The summed E-state index contributed by atoms with van der Waals surface area (Å²) in [5, 5.41) is 10.8. The molecule has 3 aliphatic heterocycles. The molecule has 3 heterocycles. The molecule has 0 spiro atoms. The molecular formula is C24H48FN7O. The van der Waals surface area contributed by atoms with Gasteiger partial charge in [0.15, 0.2) is 0 Å². The molecule has 0 amide bonds. The number of halogens is 1. The fourth-order valence-electron chi connectivity index (χ4n) is 5.96. The number of alkyl halides is 1. The second-order valence-corrected chi connectivity index (χ2v) is 10.6. The molecule has 1 aliphatic carbocycles. The number of hydrazine groups is 1. The van der Waals surface area contributed by atoms with Crippen LogP contribution in [0, 0.1) is 5.92 Å². The molecular weight excluding hydrogens is 421 g/mol. The summed E-state index contributed by atoms with van der Waals surface area (Å²) in [4.78, 5) is 5.27. The summed E-state index contributed by atoms with van der Waals surface area (Å²) in [5.41, 5.74) is 7.13. The molecule has 0 aromatic rings. The molecule has 4 fully saturated rings. The number of hydrogen-bond acceptors (Lipinski definition) is 8. The second kappa shape index (κ2) is 13.1. The monoisotopic (exact) mass is 469 g/mol. The van der Waals surface area contributed by atoms with Crippen LogP contribution in [-0.4, -0.2) is 105 Å². The molecule has 0 radical (unpaired) electrons. The van der Waals surface area contributed by atoms with Crippen molar-refractivity contribution < 1.29 is 9.13 Å². The van der Waals surface area contributed by atoms with Crippen LogP contribution in [0.2, 0.25) is 0 Å². The second-order valence-electron chi connectivity index (χ2n) is 10.6. The van der Waals surface area contributed by atoms with Crippen molar-refractivity contribution in [3.05, 3.63) is 0 Å². The van der Waals surface area contributed by atoms with E-state index in [1.165, 1.54) is 13.1 Å². The zero-order valence-electron chi connectivity index (χ0n) is 20.8. The Balaban J connectivity index is 1.29. The molecule has 0 bridgehead atoms.